The second-order valence-corrected chi connectivity index (χ2v) is 4.96. The summed E-state index contributed by atoms with van der Waals surface area (Å²) in [6.07, 6.45) is 0. The van der Waals surface area contributed by atoms with Crippen LogP contribution in [0.15, 0.2) is 46.9 Å². The van der Waals surface area contributed by atoms with Crippen LogP contribution in [0.5, 0.6) is 0 Å². The van der Waals surface area contributed by atoms with Gasteiger partial charge in [-0.05, 0) is 55.0 Å². The van der Waals surface area contributed by atoms with Gasteiger partial charge >= 0.3 is 0 Å². The van der Waals surface area contributed by atoms with Crippen LogP contribution in [0.3, 0.4) is 0 Å². The molecule has 0 radical (unpaired) electrons. The maximum Gasteiger partial charge on any atom is 0.255 e. The minimum Gasteiger partial charge on any atom is -0.322 e. The summed E-state index contributed by atoms with van der Waals surface area (Å²) in [5.41, 5.74) is 2.85. The molecule has 19 heavy (non-hydrogen) atoms. The lowest BCUT2D eigenvalue weighted by Crippen LogP contribution is -2.11. The number of anilines is 1. The maximum absolute atomic E-state index is 12.0. The van der Waals surface area contributed by atoms with Crippen molar-refractivity contribution in [3.63, 3.8) is 0 Å². The molecule has 0 heterocycles. The number of aryl methyl sites for hydroxylation is 1. The molecule has 94 valence electrons. The number of rotatable bonds is 2. The Morgan fingerprint density at radius 1 is 1.21 bits per heavy atom. The Kier molecular flexibility index (Phi) is 3.98. The molecule has 0 aliphatic rings. The first kappa shape index (κ1) is 13.3. The second-order valence-electron chi connectivity index (χ2n) is 4.11. The zero-order valence-corrected chi connectivity index (χ0v) is 11.9. The first-order valence-corrected chi connectivity index (χ1v) is 6.47. The molecule has 0 fully saturated rings. The molecule has 0 aromatic heterocycles. The summed E-state index contributed by atoms with van der Waals surface area (Å²) in [7, 11) is 0. The molecule has 4 heteroatoms. The summed E-state index contributed by atoms with van der Waals surface area (Å²) in [5.74, 6) is -0.166. The third kappa shape index (κ3) is 3.21. The van der Waals surface area contributed by atoms with Gasteiger partial charge in [0, 0.05) is 15.7 Å². The maximum atomic E-state index is 12.0. The number of amides is 1. The summed E-state index contributed by atoms with van der Waals surface area (Å²) in [5, 5.41) is 11.5. The highest BCUT2D eigenvalue weighted by Gasteiger charge is 2.07. The van der Waals surface area contributed by atoms with Gasteiger partial charge in [0.1, 0.15) is 0 Å². The zero-order valence-electron chi connectivity index (χ0n) is 10.3. The Labute approximate surface area is 120 Å². The standard InChI is InChI=1S/C15H11BrN2O/c1-10-8-12(4-7-14(10)16)15(19)18-13-5-2-11(9-17)3-6-13/h2-8H,1H3,(H,18,19). The Bertz CT molecular complexity index is 657. The van der Waals surface area contributed by atoms with E-state index in [1.54, 1.807) is 30.3 Å². The fourth-order valence-corrected chi connectivity index (χ4v) is 1.86. The van der Waals surface area contributed by atoms with Crippen molar-refractivity contribution in [1.82, 2.24) is 0 Å². The summed E-state index contributed by atoms with van der Waals surface area (Å²) >= 11 is 3.40. The molecular formula is C15H11BrN2O. The number of hydrogen-bond acceptors (Lipinski definition) is 2. The summed E-state index contributed by atoms with van der Waals surface area (Å²) < 4.78 is 0.974. The van der Waals surface area contributed by atoms with E-state index < -0.39 is 0 Å². The van der Waals surface area contributed by atoms with Crippen molar-refractivity contribution >= 4 is 27.5 Å². The van der Waals surface area contributed by atoms with Gasteiger partial charge in [0.25, 0.3) is 5.91 Å². The molecule has 2 rings (SSSR count). The van der Waals surface area contributed by atoms with Crippen LogP contribution < -0.4 is 5.32 Å². The number of carbonyl (C=O) groups is 1. The molecule has 0 saturated carbocycles. The van der Waals surface area contributed by atoms with E-state index in [9.17, 15) is 4.79 Å². The zero-order chi connectivity index (χ0) is 13.8. The van der Waals surface area contributed by atoms with E-state index in [-0.39, 0.29) is 5.91 Å². The molecule has 3 nitrogen and oxygen atoms in total. The predicted molar refractivity (Wildman–Crippen MR) is 78.0 cm³/mol. The third-order valence-electron chi connectivity index (χ3n) is 2.69. The average Bonchev–Trinajstić information content (AvgIpc) is 2.42. The van der Waals surface area contributed by atoms with Crippen LogP contribution in [-0.2, 0) is 0 Å². The molecule has 0 aliphatic carbocycles. The first-order valence-electron chi connectivity index (χ1n) is 5.68. The largest absolute Gasteiger partial charge is 0.322 e. The summed E-state index contributed by atoms with van der Waals surface area (Å²) in [4.78, 5) is 12.0. The number of halogens is 1. The minimum absolute atomic E-state index is 0.166. The van der Waals surface area contributed by atoms with Crippen LogP contribution >= 0.6 is 15.9 Å². The molecule has 1 N–H and O–H groups in total. The van der Waals surface area contributed by atoms with E-state index in [2.05, 4.69) is 21.2 Å². The van der Waals surface area contributed by atoms with Crippen LogP contribution in [0.25, 0.3) is 0 Å². The van der Waals surface area contributed by atoms with E-state index >= 15 is 0 Å². The molecule has 0 saturated heterocycles. The monoisotopic (exact) mass is 314 g/mol. The molecular weight excluding hydrogens is 304 g/mol. The first-order chi connectivity index (χ1) is 9.10. The van der Waals surface area contributed by atoms with Gasteiger partial charge in [-0.2, -0.15) is 5.26 Å². The highest BCUT2D eigenvalue weighted by molar-refractivity contribution is 9.10. The summed E-state index contributed by atoms with van der Waals surface area (Å²) in [6.45, 7) is 1.93. The third-order valence-corrected chi connectivity index (χ3v) is 3.58. The van der Waals surface area contributed by atoms with Crippen molar-refractivity contribution < 1.29 is 4.79 Å². The molecule has 1 amide bonds. The molecule has 2 aromatic rings. The van der Waals surface area contributed by atoms with Crippen LogP contribution in [-0.4, -0.2) is 5.91 Å². The van der Waals surface area contributed by atoms with Crippen molar-refractivity contribution in [3.8, 4) is 6.07 Å². The van der Waals surface area contributed by atoms with Gasteiger partial charge in [-0.25, -0.2) is 0 Å². The van der Waals surface area contributed by atoms with Crippen LogP contribution in [0.1, 0.15) is 21.5 Å². The highest BCUT2D eigenvalue weighted by atomic mass is 79.9. The number of nitriles is 1. The predicted octanol–water partition coefficient (Wildman–Crippen LogP) is 3.88. The lowest BCUT2D eigenvalue weighted by atomic mass is 10.1. The normalized spacial score (nSPS) is 9.74. The Balaban J connectivity index is 2.16. The van der Waals surface area contributed by atoms with Gasteiger partial charge < -0.3 is 5.32 Å². The van der Waals surface area contributed by atoms with Gasteiger partial charge in [-0.3, -0.25) is 4.79 Å². The average molecular weight is 315 g/mol. The molecule has 0 atom stereocenters. The van der Waals surface area contributed by atoms with Gasteiger partial charge in [-0.1, -0.05) is 15.9 Å². The van der Waals surface area contributed by atoms with Gasteiger partial charge in [0.05, 0.1) is 11.6 Å². The van der Waals surface area contributed by atoms with Crippen LogP contribution in [0, 0.1) is 18.3 Å². The Morgan fingerprint density at radius 2 is 1.89 bits per heavy atom. The summed E-state index contributed by atoms with van der Waals surface area (Å²) in [6, 6.07) is 14.2. The lowest BCUT2D eigenvalue weighted by Gasteiger charge is -2.06. The quantitative estimate of drug-likeness (QED) is 0.914. The molecule has 0 bridgehead atoms. The van der Waals surface area contributed by atoms with Crippen molar-refractivity contribution in [2.75, 3.05) is 5.32 Å². The lowest BCUT2D eigenvalue weighted by molar-refractivity contribution is 0.102. The second kappa shape index (κ2) is 5.68. The fourth-order valence-electron chi connectivity index (χ4n) is 1.62. The SMILES string of the molecule is Cc1cc(C(=O)Nc2ccc(C#N)cc2)ccc1Br. The topological polar surface area (TPSA) is 52.9 Å². The van der Waals surface area contributed by atoms with Gasteiger partial charge in [0.15, 0.2) is 0 Å². The van der Waals surface area contributed by atoms with Crippen molar-refractivity contribution in [1.29, 1.82) is 5.26 Å². The van der Waals surface area contributed by atoms with Gasteiger partial charge in [-0.15, -0.1) is 0 Å². The Hall–Kier alpha value is -2.12. The molecule has 0 unspecified atom stereocenters. The number of nitrogens with zero attached hydrogens (tertiary/aromatic N) is 1. The number of benzene rings is 2. The molecule has 2 aromatic carbocycles. The number of hydrogen-bond donors (Lipinski definition) is 1. The highest BCUT2D eigenvalue weighted by Crippen LogP contribution is 2.18. The fraction of sp³-hybridized carbons (Fsp3) is 0.0667. The van der Waals surface area contributed by atoms with Crippen molar-refractivity contribution in [3.05, 3.63) is 63.6 Å². The van der Waals surface area contributed by atoms with E-state index in [4.69, 9.17) is 5.26 Å². The van der Waals surface area contributed by atoms with Crippen molar-refractivity contribution in [2.45, 2.75) is 6.92 Å². The minimum atomic E-state index is -0.166. The van der Waals surface area contributed by atoms with Crippen LogP contribution in [0.2, 0.25) is 0 Å². The molecule has 0 spiro atoms. The Morgan fingerprint density at radius 3 is 2.47 bits per heavy atom. The molecule has 0 aliphatic heterocycles. The number of nitrogens with one attached hydrogen (secondary N) is 1. The van der Waals surface area contributed by atoms with Crippen LogP contribution in [0.4, 0.5) is 5.69 Å². The smallest absolute Gasteiger partial charge is 0.255 e. The number of carbonyl (C=O) groups excluding carboxylic acids is 1. The van der Waals surface area contributed by atoms with Gasteiger partial charge in [0.2, 0.25) is 0 Å². The van der Waals surface area contributed by atoms with E-state index in [0.29, 0.717) is 16.8 Å². The van der Waals surface area contributed by atoms with E-state index in [1.165, 1.54) is 0 Å². The van der Waals surface area contributed by atoms with E-state index in [0.717, 1.165) is 10.0 Å². The van der Waals surface area contributed by atoms with E-state index in [1.807, 2.05) is 25.1 Å². The van der Waals surface area contributed by atoms with Crippen molar-refractivity contribution in [2.24, 2.45) is 0 Å².